The zero-order chi connectivity index (χ0) is 20.6. The van der Waals surface area contributed by atoms with Gasteiger partial charge in [-0.2, -0.15) is 0 Å². The van der Waals surface area contributed by atoms with Gasteiger partial charge in [0, 0.05) is 38.1 Å². The minimum Gasteiger partial charge on any atom is -0.356 e. The molecule has 1 heterocycles. The third-order valence-electron chi connectivity index (χ3n) is 5.29. The van der Waals surface area contributed by atoms with E-state index in [4.69, 9.17) is 11.6 Å². The molecule has 162 valence electrons. The van der Waals surface area contributed by atoms with E-state index in [1.165, 1.54) is 11.1 Å². The predicted molar refractivity (Wildman–Crippen MR) is 135 cm³/mol. The monoisotopic (exact) mass is 540 g/mol. The standard InChI is InChI=1S/C23H29ClN4O.HI/c1-17(18-9-11-21(24)12-10-18)27-23(25-2)26-14-5-8-22(29)28-15-13-19-6-3-4-7-20(19)16-28;/h3-4,6-7,9-12,17H,5,8,13-16H2,1-2H3,(H2,25,26,27);1H. The Kier molecular flexibility index (Phi) is 9.91. The third kappa shape index (κ3) is 6.87. The fraction of sp³-hybridized carbons (Fsp3) is 0.391. The summed E-state index contributed by atoms with van der Waals surface area (Å²) < 4.78 is 0. The molecular formula is C23H30ClIN4O. The number of hydrogen-bond acceptors (Lipinski definition) is 2. The molecule has 1 amide bonds. The Hall–Kier alpha value is -1.80. The molecule has 2 N–H and O–H groups in total. The first kappa shape index (κ1) is 24.5. The number of benzene rings is 2. The topological polar surface area (TPSA) is 56.7 Å². The van der Waals surface area contributed by atoms with Crippen molar-refractivity contribution in [3.05, 3.63) is 70.2 Å². The van der Waals surface area contributed by atoms with Gasteiger partial charge in [0.2, 0.25) is 5.91 Å². The Morgan fingerprint density at radius 1 is 1.17 bits per heavy atom. The first-order valence-corrected chi connectivity index (χ1v) is 10.5. The Morgan fingerprint density at radius 2 is 1.87 bits per heavy atom. The average molecular weight is 541 g/mol. The van der Waals surface area contributed by atoms with Crippen LogP contribution in [-0.4, -0.2) is 36.9 Å². The summed E-state index contributed by atoms with van der Waals surface area (Å²) in [7, 11) is 1.75. The molecule has 7 heteroatoms. The van der Waals surface area contributed by atoms with E-state index >= 15 is 0 Å². The zero-order valence-electron chi connectivity index (χ0n) is 17.5. The number of halogens is 2. The van der Waals surface area contributed by atoms with Crippen LogP contribution in [0.25, 0.3) is 0 Å². The normalized spacial score (nSPS) is 14.4. The maximum atomic E-state index is 12.6. The largest absolute Gasteiger partial charge is 0.356 e. The fourth-order valence-corrected chi connectivity index (χ4v) is 3.67. The molecule has 1 aliphatic heterocycles. The smallest absolute Gasteiger partial charge is 0.222 e. The molecule has 1 unspecified atom stereocenters. The molecule has 0 fully saturated rings. The lowest BCUT2D eigenvalue weighted by atomic mass is 9.99. The van der Waals surface area contributed by atoms with Crippen LogP contribution < -0.4 is 10.6 Å². The second kappa shape index (κ2) is 12.2. The molecule has 0 spiro atoms. The van der Waals surface area contributed by atoms with Crippen molar-refractivity contribution in [1.82, 2.24) is 15.5 Å². The van der Waals surface area contributed by atoms with Gasteiger partial charge in [0.1, 0.15) is 0 Å². The van der Waals surface area contributed by atoms with Gasteiger partial charge in [0.05, 0.1) is 6.04 Å². The number of nitrogens with zero attached hydrogens (tertiary/aromatic N) is 2. The summed E-state index contributed by atoms with van der Waals surface area (Å²) in [6, 6.07) is 16.3. The second-order valence-corrected chi connectivity index (χ2v) is 7.79. The number of aliphatic imine (C=N–C) groups is 1. The van der Waals surface area contributed by atoms with Crippen LogP contribution in [0.2, 0.25) is 5.02 Å². The predicted octanol–water partition coefficient (Wildman–Crippen LogP) is 4.55. The van der Waals surface area contributed by atoms with Gasteiger partial charge < -0.3 is 15.5 Å². The summed E-state index contributed by atoms with van der Waals surface area (Å²) in [6.07, 6.45) is 2.26. The number of rotatable bonds is 6. The molecule has 5 nitrogen and oxygen atoms in total. The summed E-state index contributed by atoms with van der Waals surface area (Å²) in [5, 5.41) is 7.39. The SMILES string of the molecule is CN=C(NCCCC(=O)N1CCc2ccccc2C1)NC(C)c1ccc(Cl)cc1.I. The lowest BCUT2D eigenvalue weighted by molar-refractivity contribution is -0.132. The maximum absolute atomic E-state index is 12.6. The van der Waals surface area contributed by atoms with Crippen LogP contribution in [0.1, 0.15) is 42.5 Å². The van der Waals surface area contributed by atoms with Gasteiger partial charge in [0.15, 0.2) is 5.96 Å². The highest BCUT2D eigenvalue weighted by Crippen LogP contribution is 2.19. The molecule has 0 aliphatic carbocycles. The summed E-state index contributed by atoms with van der Waals surface area (Å²) in [5.41, 5.74) is 3.77. The van der Waals surface area contributed by atoms with E-state index in [2.05, 4.69) is 40.7 Å². The van der Waals surface area contributed by atoms with E-state index in [9.17, 15) is 4.79 Å². The summed E-state index contributed by atoms with van der Waals surface area (Å²) in [4.78, 5) is 18.8. The Balaban J connectivity index is 0.00000320. The molecule has 2 aromatic rings. The lowest BCUT2D eigenvalue weighted by Gasteiger charge is -2.29. The van der Waals surface area contributed by atoms with Crippen LogP contribution in [0.3, 0.4) is 0 Å². The van der Waals surface area contributed by atoms with E-state index in [0.717, 1.165) is 42.5 Å². The third-order valence-corrected chi connectivity index (χ3v) is 5.54. The van der Waals surface area contributed by atoms with Gasteiger partial charge >= 0.3 is 0 Å². The first-order chi connectivity index (χ1) is 14.1. The molecular weight excluding hydrogens is 511 g/mol. The Bertz CT molecular complexity index is 857. The van der Waals surface area contributed by atoms with E-state index in [1.807, 2.05) is 35.2 Å². The van der Waals surface area contributed by atoms with Crippen molar-refractivity contribution >= 4 is 47.4 Å². The van der Waals surface area contributed by atoms with Crippen molar-refractivity contribution in [2.24, 2.45) is 4.99 Å². The Labute approximate surface area is 201 Å². The molecule has 0 bridgehead atoms. The van der Waals surface area contributed by atoms with Crippen LogP contribution in [0.4, 0.5) is 0 Å². The molecule has 0 aromatic heterocycles. The highest BCUT2D eigenvalue weighted by molar-refractivity contribution is 14.0. The molecule has 0 radical (unpaired) electrons. The second-order valence-electron chi connectivity index (χ2n) is 7.35. The van der Waals surface area contributed by atoms with E-state index in [-0.39, 0.29) is 35.9 Å². The number of carbonyl (C=O) groups excluding carboxylic acids is 1. The van der Waals surface area contributed by atoms with Gasteiger partial charge in [-0.15, -0.1) is 24.0 Å². The van der Waals surface area contributed by atoms with Crippen molar-refractivity contribution in [1.29, 1.82) is 0 Å². The van der Waals surface area contributed by atoms with Crippen molar-refractivity contribution in [2.45, 2.75) is 38.8 Å². The van der Waals surface area contributed by atoms with E-state index in [1.54, 1.807) is 7.05 Å². The van der Waals surface area contributed by atoms with Crippen LogP contribution in [0.15, 0.2) is 53.5 Å². The van der Waals surface area contributed by atoms with Gasteiger partial charge in [-0.05, 0) is 48.6 Å². The number of amides is 1. The molecule has 1 atom stereocenters. The molecule has 2 aromatic carbocycles. The van der Waals surface area contributed by atoms with E-state index < -0.39 is 0 Å². The molecule has 0 saturated heterocycles. The minimum absolute atomic E-state index is 0. The number of fused-ring (bicyclic) bond motifs is 1. The fourth-order valence-electron chi connectivity index (χ4n) is 3.55. The zero-order valence-corrected chi connectivity index (χ0v) is 20.6. The summed E-state index contributed by atoms with van der Waals surface area (Å²) in [6.45, 7) is 4.31. The van der Waals surface area contributed by atoms with Crippen LogP contribution in [0.5, 0.6) is 0 Å². The van der Waals surface area contributed by atoms with Crippen molar-refractivity contribution in [3.63, 3.8) is 0 Å². The quantitative estimate of drug-likeness (QED) is 0.245. The van der Waals surface area contributed by atoms with Gasteiger partial charge in [-0.3, -0.25) is 9.79 Å². The van der Waals surface area contributed by atoms with Crippen molar-refractivity contribution < 1.29 is 4.79 Å². The van der Waals surface area contributed by atoms with Crippen LogP contribution in [0, 0.1) is 0 Å². The van der Waals surface area contributed by atoms with E-state index in [0.29, 0.717) is 13.0 Å². The first-order valence-electron chi connectivity index (χ1n) is 10.1. The van der Waals surface area contributed by atoms with Gasteiger partial charge in [-0.1, -0.05) is 48.0 Å². The number of nitrogens with one attached hydrogen (secondary N) is 2. The van der Waals surface area contributed by atoms with Crippen LogP contribution >= 0.6 is 35.6 Å². The van der Waals surface area contributed by atoms with Gasteiger partial charge in [0.25, 0.3) is 0 Å². The van der Waals surface area contributed by atoms with Crippen molar-refractivity contribution in [3.8, 4) is 0 Å². The minimum atomic E-state index is 0. The summed E-state index contributed by atoms with van der Waals surface area (Å²) >= 11 is 5.95. The highest BCUT2D eigenvalue weighted by atomic mass is 127. The molecule has 30 heavy (non-hydrogen) atoms. The number of carbonyl (C=O) groups is 1. The van der Waals surface area contributed by atoms with Crippen LogP contribution in [-0.2, 0) is 17.8 Å². The Morgan fingerprint density at radius 3 is 2.57 bits per heavy atom. The number of hydrogen-bond donors (Lipinski definition) is 2. The highest BCUT2D eigenvalue weighted by Gasteiger charge is 2.19. The molecule has 0 saturated carbocycles. The average Bonchev–Trinajstić information content (AvgIpc) is 2.75. The summed E-state index contributed by atoms with van der Waals surface area (Å²) in [5.74, 6) is 0.950. The number of guanidine groups is 1. The molecule has 1 aliphatic rings. The maximum Gasteiger partial charge on any atom is 0.222 e. The van der Waals surface area contributed by atoms with Crippen molar-refractivity contribution in [2.75, 3.05) is 20.1 Å². The van der Waals surface area contributed by atoms with Gasteiger partial charge in [-0.25, -0.2) is 0 Å². The lowest BCUT2D eigenvalue weighted by Crippen LogP contribution is -2.40. The molecule has 3 rings (SSSR count).